The van der Waals surface area contributed by atoms with Gasteiger partial charge in [0.15, 0.2) is 0 Å². The van der Waals surface area contributed by atoms with Gasteiger partial charge in [-0.1, -0.05) is 88.7 Å². The summed E-state index contributed by atoms with van der Waals surface area (Å²) < 4.78 is 0. The van der Waals surface area contributed by atoms with Crippen molar-refractivity contribution in [3.63, 3.8) is 0 Å². The molecule has 0 heterocycles. The van der Waals surface area contributed by atoms with E-state index in [1.165, 1.54) is 48.8 Å². The molecule has 2 aromatic carbocycles. The summed E-state index contributed by atoms with van der Waals surface area (Å²) in [6.45, 7) is 12.2. The van der Waals surface area contributed by atoms with Crippen LogP contribution in [0.2, 0.25) is 0 Å². The standard InChI is InChI=1S/C25H34/c1-20-12-9-10-15-22(20)23(2,3)18-19-24(4)16-11-17-25(24,5)21-13-7-6-8-14-21/h6-10,12-15H,11,16-19H2,1-5H3/t24-,25+/m0/s1. The lowest BCUT2D eigenvalue weighted by Gasteiger charge is -2.44. The SMILES string of the molecule is Cc1ccccc1C(C)(C)CC[C@]1(C)CCC[C@]1(C)c1ccccc1. The molecule has 2 aromatic rings. The average Bonchev–Trinajstić information content (AvgIpc) is 2.91. The fraction of sp³-hybridized carbons (Fsp3) is 0.520. The number of aryl methyl sites for hydroxylation is 1. The summed E-state index contributed by atoms with van der Waals surface area (Å²) >= 11 is 0. The third-order valence-corrected chi connectivity index (χ3v) is 7.32. The van der Waals surface area contributed by atoms with Crippen LogP contribution < -0.4 is 0 Å². The molecule has 134 valence electrons. The fourth-order valence-corrected chi connectivity index (χ4v) is 5.16. The molecule has 0 nitrogen and oxygen atoms in total. The Bertz CT molecular complexity index is 712. The first kappa shape index (κ1) is 18.2. The van der Waals surface area contributed by atoms with Crippen LogP contribution in [0, 0.1) is 12.3 Å². The Kier molecular flexibility index (Phi) is 4.84. The van der Waals surface area contributed by atoms with Crippen molar-refractivity contribution in [2.45, 2.75) is 77.6 Å². The maximum Gasteiger partial charge on any atom is -0.00215 e. The maximum atomic E-state index is 2.54. The zero-order valence-corrected chi connectivity index (χ0v) is 16.7. The first-order valence-corrected chi connectivity index (χ1v) is 9.90. The van der Waals surface area contributed by atoms with Crippen LogP contribution in [0.5, 0.6) is 0 Å². The molecule has 0 saturated heterocycles. The number of hydrogen-bond acceptors (Lipinski definition) is 0. The Morgan fingerprint density at radius 2 is 1.52 bits per heavy atom. The number of benzene rings is 2. The highest BCUT2D eigenvalue weighted by molar-refractivity contribution is 5.33. The smallest absolute Gasteiger partial charge is 0.00215 e. The third kappa shape index (κ3) is 3.28. The summed E-state index contributed by atoms with van der Waals surface area (Å²) in [5.41, 5.74) is 5.38. The first-order valence-electron chi connectivity index (χ1n) is 9.90. The lowest BCUT2D eigenvalue weighted by atomic mass is 9.60. The van der Waals surface area contributed by atoms with E-state index in [0.717, 1.165) is 0 Å². The molecule has 1 aliphatic carbocycles. The highest BCUT2D eigenvalue weighted by atomic mass is 14.5. The molecule has 0 N–H and O–H groups in total. The molecule has 25 heavy (non-hydrogen) atoms. The van der Waals surface area contributed by atoms with E-state index < -0.39 is 0 Å². The molecule has 1 aliphatic rings. The van der Waals surface area contributed by atoms with Crippen LogP contribution in [-0.4, -0.2) is 0 Å². The molecule has 0 radical (unpaired) electrons. The van der Waals surface area contributed by atoms with Gasteiger partial charge in [0.05, 0.1) is 0 Å². The van der Waals surface area contributed by atoms with E-state index in [-0.39, 0.29) is 5.41 Å². The Labute approximate surface area is 154 Å². The van der Waals surface area contributed by atoms with Crippen LogP contribution >= 0.6 is 0 Å². The van der Waals surface area contributed by atoms with Crippen molar-refractivity contribution in [2.24, 2.45) is 5.41 Å². The molecule has 0 amide bonds. The molecule has 1 fully saturated rings. The zero-order chi connectivity index (χ0) is 18.1. The summed E-state index contributed by atoms with van der Waals surface area (Å²) in [5.74, 6) is 0. The fourth-order valence-electron chi connectivity index (χ4n) is 5.16. The largest absolute Gasteiger partial charge is 0.0622 e. The lowest BCUT2D eigenvalue weighted by Crippen LogP contribution is -2.38. The van der Waals surface area contributed by atoms with Gasteiger partial charge in [-0.15, -0.1) is 0 Å². The molecule has 2 atom stereocenters. The lowest BCUT2D eigenvalue weighted by molar-refractivity contribution is 0.161. The normalized spacial score (nSPS) is 26.8. The summed E-state index contributed by atoms with van der Waals surface area (Å²) in [4.78, 5) is 0. The van der Waals surface area contributed by atoms with Crippen LogP contribution in [0.1, 0.15) is 76.5 Å². The minimum Gasteiger partial charge on any atom is -0.0622 e. The molecule has 0 spiro atoms. The number of rotatable bonds is 5. The van der Waals surface area contributed by atoms with Crippen molar-refractivity contribution in [3.8, 4) is 0 Å². The van der Waals surface area contributed by atoms with E-state index >= 15 is 0 Å². The Hall–Kier alpha value is -1.56. The minimum atomic E-state index is 0.231. The van der Waals surface area contributed by atoms with Crippen molar-refractivity contribution in [3.05, 3.63) is 71.3 Å². The second-order valence-electron chi connectivity index (χ2n) is 9.31. The molecule has 0 heteroatoms. The molecule has 0 aliphatic heterocycles. The Morgan fingerprint density at radius 3 is 2.20 bits per heavy atom. The molecular weight excluding hydrogens is 300 g/mol. The van der Waals surface area contributed by atoms with Gasteiger partial charge in [0.2, 0.25) is 0 Å². The molecule has 0 aromatic heterocycles. The van der Waals surface area contributed by atoms with Crippen molar-refractivity contribution in [1.29, 1.82) is 0 Å². The molecule has 1 saturated carbocycles. The van der Waals surface area contributed by atoms with Crippen LogP contribution in [0.15, 0.2) is 54.6 Å². The third-order valence-electron chi connectivity index (χ3n) is 7.32. The predicted molar refractivity (Wildman–Crippen MR) is 109 cm³/mol. The van der Waals surface area contributed by atoms with Gasteiger partial charge in [0.1, 0.15) is 0 Å². The highest BCUT2D eigenvalue weighted by Crippen LogP contribution is 2.57. The molecule has 0 unspecified atom stereocenters. The van der Waals surface area contributed by atoms with Gasteiger partial charge in [-0.05, 0) is 65.5 Å². The topological polar surface area (TPSA) is 0 Å². The predicted octanol–water partition coefficient (Wildman–Crippen LogP) is 7.20. The summed E-state index contributed by atoms with van der Waals surface area (Å²) in [5, 5.41) is 0. The zero-order valence-electron chi connectivity index (χ0n) is 16.7. The van der Waals surface area contributed by atoms with Gasteiger partial charge in [0, 0.05) is 0 Å². The van der Waals surface area contributed by atoms with Gasteiger partial charge >= 0.3 is 0 Å². The van der Waals surface area contributed by atoms with Crippen LogP contribution in [0.25, 0.3) is 0 Å². The molecule has 0 bridgehead atoms. The molecular formula is C25H34. The number of hydrogen-bond donors (Lipinski definition) is 0. The Morgan fingerprint density at radius 1 is 0.880 bits per heavy atom. The van der Waals surface area contributed by atoms with E-state index in [9.17, 15) is 0 Å². The average molecular weight is 335 g/mol. The highest BCUT2D eigenvalue weighted by Gasteiger charge is 2.49. The van der Waals surface area contributed by atoms with Crippen molar-refractivity contribution >= 4 is 0 Å². The van der Waals surface area contributed by atoms with Gasteiger partial charge in [-0.25, -0.2) is 0 Å². The van der Waals surface area contributed by atoms with E-state index in [1.54, 1.807) is 0 Å². The summed E-state index contributed by atoms with van der Waals surface area (Å²) in [6.07, 6.45) is 6.56. The van der Waals surface area contributed by atoms with Crippen molar-refractivity contribution in [1.82, 2.24) is 0 Å². The van der Waals surface area contributed by atoms with Crippen molar-refractivity contribution in [2.75, 3.05) is 0 Å². The second kappa shape index (κ2) is 6.63. The minimum absolute atomic E-state index is 0.231. The van der Waals surface area contributed by atoms with Crippen LogP contribution in [0.4, 0.5) is 0 Å². The molecule has 3 rings (SSSR count). The monoisotopic (exact) mass is 334 g/mol. The van der Waals surface area contributed by atoms with E-state index in [0.29, 0.717) is 10.8 Å². The van der Waals surface area contributed by atoms with Gasteiger partial charge in [0.25, 0.3) is 0 Å². The second-order valence-corrected chi connectivity index (χ2v) is 9.31. The van der Waals surface area contributed by atoms with Gasteiger partial charge in [-0.2, -0.15) is 0 Å². The quantitative estimate of drug-likeness (QED) is 0.542. The van der Waals surface area contributed by atoms with Gasteiger partial charge < -0.3 is 0 Å². The van der Waals surface area contributed by atoms with E-state index in [2.05, 4.69) is 89.2 Å². The van der Waals surface area contributed by atoms with Crippen molar-refractivity contribution < 1.29 is 0 Å². The first-order chi connectivity index (χ1) is 11.8. The van der Waals surface area contributed by atoms with E-state index in [4.69, 9.17) is 0 Å². The van der Waals surface area contributed by atoms with Gasteiger partial charge in [-0.3, -0.25) is 0 Å². The summed E-state index contributed by atoms with van der Waals surface area (Å²) in [6, 6.07) is 20.2. The maximum absolute atomic E-state index is 2.54. The summed E-state index contributed by atoms with van der Waals surface area (Å²) in [7, 11) is 0. The Balaban J connectivity index is 1.83. The van der Waals surface area contributed by atoms with Crippen LogP contribution in [-0.2, 0) is 10.8 Å². The van der Waals surface area contributed by atoms with E-state index in [1.807, 2.05) is 0 Å². The van der Waals surface area contributed by atoms with Crippen LogP contribution in [0.3, 0.4) is 0 Å².